The molecule has 2 aromatic heterocycles. The Kier molecular flexibility index (Phi) is 5.88. The van der Waals surface area contributed by atoms with Gasteiger partial charge in [-0.2, -0.15) is 0 Å². The Morgan fingerprint density at radius 1 is 1.32 bits per heavy atom. The number of ether oxygens (including phenoxy) is 1. The standard InChI is InChI=1S/C22H29N5O/c1-28-20-11-13-24-22-16(20)7-4-10-19(22)25-15(6-5-12-23)14-21-26-17-8-2-3-9-18(17)27-21/h2-3,8-9,11,13,15,19,25H,4-7,10,12,14,23H2,1H3,(H,26,27). The zero-order valence-electron chi connectivity index (χ0n) is 16.4. The number of imidazole rings is 1. The SMILES string of the molecule is COc1ccnc2c1CCCC2NC(CCCN)Cc1nc2ccccc2[nH]1. The Morgan fingerprint density at radius 2 is 2.21 bits per heavy atom. The maximum atomic E-state index is 5.80. The van der Waals surface area contributed by atoms with Crippen molar-refractivity contribution in [2.75, 3.05) is 13.7 Å². The van der Waals surface area contributed by atoms with Gasteiger partial charge in [0.2, 0.25) is 0 Å². The van der Waals surface area contributed by atoms with E-state index < -0.39 is 0 Å². The van der Waals surface area contributed by atoms with Gasteiger partial charge in [-0.3, -0.25) is 4.98 Å². The molecule has 1 aliphatic rings. The molecule has 0 saturated heterocycles. The average Bonchev–Trinajstić information content (AvgIpc) is 3.14. The van der Waals surface area contributed by atoms with E-state index in [0.29, 0.717) is 12.6 Å². The number of hydrogen-bond donors (Lipinski definition) is 3. The Hall–Kier alpha value is -2.44. The van der Waals surface area contributed by atoms with Crippen molar-refractivity contribution >= 4 is 11.0 Å². The summed E-state index contributed by atoms with van der Waals surface area (Å²) in [4.78, 5) is 12.9. The Bertz CT molecular complexity index is 889. The molecule has 0 spiro atoms. The van der Waals surface area contributed by atoms with E-state index in [-0.39, 0.29) is 6.04 Å². The third-order valence-corrected chi connectivity index (χ3v) is 5.59. The minimum absolute atomic E-state index is 0.242. The fourth-order valence-electron chi connectivity index (χ4n) is 4.24. The number of para-hydroxylation sites is 2. The lowest BCUT2D eigenvalue weighted by Crippen LogP contribution is -2.37. The summed E-state index contributed by atoms with van der Waals surface area (Å²) in [7, 11) is 1.73. The van der Waals surface area contributed by atoms with Gasteiger partial charge in [0.25, 0.3) is 0 Å². The minimum Gasteiger partial charge on any atom is -0.496 e. The molecule has 2 unspecified atom stereocenters. The summed E-state index contributed by atoms with van der Waals surface area (Å²) in [5, 5.41) is 3.86. The van der Waals surface area contributed by atoms with E-state index in [1.54, 1.807) is 7.11 Å². The van der Waals surface area contributed by atoms with Gasteiger partial charge in [-0.15, -0.1) is 0 Å². The first kappa shape index (κ1) is 18.9. The van der Waals surface area contributed by atoms with Gasteiger partial charge in [-0.05, 0) is 56.8 Å². The molecule has 0 aliphatic heterocycles. The summed E-state index contributed by atoms with van der Waals surface area (Å²) in [6.45, 7) is 0.700. The summed E-state index contributed by atoms with van der Waals surface area (Å²) >= 11 is 0. The number of aromatic nitrogens is 3. The number of nitrogens with one attached hydrogen (secondary N) is 2. The van der Waals surface area contributed by atoms with Crippen molar-refractivity contribution in [3.63, 3.8) is 0 Å². The van der Waals surface area contributed by atoms with E-state index >= 15 is 0 Å². The van der Waals surface area contributed by atoms with Crippen molar-refractivity contribution < 1.29 is 4.74 Å². The lowest BCUT2D eigenvalue weighted by molar-refractivity contribution is 0.353. The van der Waals surface area contributed by atoms with Crippen LogP contribution in [0.4, 0.5) is 0 Å². The van der Waals surface area contributed by atoms with E-state index in [9.17, 15) is 0 Å². The smallest absolute Gasteiger partial charge is 0.125 e. The van der Waals surface area contributed by atoms with Gasteiger partial charge in [0.05, 0.1) is 29.9 Å². The van der Waals surface area contributed by atoms with E-state index in [1.807, 2.05) is 30.5 Å². The molecule has 2 atom stereocenters. The Morgan fingerprint density at radius 3 is 3.04 bits per heavy atom. The Labute approximate surface area is 165 Å². The van der Waals surface area contributed by atoms with E-state index in [4.69, 9.17) is 20.4 Å². The van der Waals surface area contributed by atoms with Crippen LogP contribution in [0.5, 0.6) is 5.75 Å². The molecule has 1 aliphatic carbocycles. The van der Waals surface area contributed by atoms with Crippen molar-refractivity contribution in [1.29, 1.82) is 0 Å². The van der Waals surface area contributed by atoms with Crippen LogP contribution in [0, 0.1) is 0 Å². The first-order valence-corrected chi connectivity index (χ1v) is 10.2. The topological polar surface area (TPSA) is 88.8 Å². The number of rotatable bonds is 8. The molecule has 0 saturated carbocycles. The van der Waals surface area contributed by atoms with Crippen LogP contribution in [-0.2, 0) is 12.8 Å². The zero-order chi connectivity index (χ0) is 19.3. The van der Waals surface area contributed by atoms with Crippen LogP contribution in [0.25, 0.3) is 11.0 Å². The molecular weight excluding hydrogens is 350 g/mol. The molecule has 148 valence electrons. The normalized spacial score (nSPS) is 17.4. The van der Waals surface area contributed by atoms with Gasteiger partial charge in [0, 0.05) is 24.2 Å². The maximum Gasteiger partial charge on any atom is 0.125 e. The molecule has 0 radical (unpaired) electrons. The molecule has 28 heavy (non-hydrogen) atoms. The quantitative estimate of drug-likeness (QED) is 0.559. The first-order valence-electron chi connectivity index (χ1n) is 10.2. The van der Waals surface area contributed by atoms with Crippen molar-refractivity contribution in [3.05, 3.63) is 53.6 Å². The van der Waals surface area contributed by atoms with Crippen LogP contribution < -0.4 is 15.8 Å². The average molecular weight is 380 g/mol. The lowest BCUT2D eigenvalue weighted by Gasteiger charge is -2.30. The number of fused-ring (bicyclic) bond motifs is 2. The summed E-state index contributed by atoms with van der Waals surface area (Å²) in [5.41, 5.74) is 10.3. The van der Waals surface area contributed by atoms with Crippen molar-refractivity contribution in [1.82, 2.24) is 20.3 Å². The molecule has 2 heterocycles. The highest BCUT2D eigenvalue weighted by molar-refractivity contribution is 5.74. The van der Waals surface area contributed by atoms with E-state index in [1.165, 1.54) is 5.56 Å². The fourth-order valence-corrected chi connectivity index (χ4v) is 4.24. The van der Waals surface area contributed by atoms with Gasteiger partial charge < -0.3 is 20.8 Å². The summed E-state index contributed by atoms with van der Waals surface area (Å²) in [6, 6.07) is 10.7. The lowest BCUT2D eigenvalue weighted by atomic mass is 9.90. The number of H-pyrrole nitrogens is 1. The molecule has 6 heteroatoms. The molecule has 0 bridgehead atoms. The third kappa shape index (κ3) is 4.03. The van der Waals surface area contributed by atoms with Gasteiger partial charge in [0.1, 0.15) is 11.6 Å². The highest BCUT2D eigenvalue weighted by Gasteiger charge is 2.26. The van der Waals surface area contributed by atoms with Crippen LogP contribution in [0.2, 0.25) is 0 Å². The van der Waals surface area contributed by atoms with Crippen LogP contribution in [0.15, 0.2) is 36.5 Å². The predicted molar refractivity (Wildman–Crippen MR) is 111 cm³/mol. The number of hydrogen-bond acceptors (Lipinski definition) is 5. The number of nitrogens with zero attached hydrogens (tertiary/aromatic N) is 2. The predicted octanol–water partition coefficient (Wildman–Crippen LogP) is 3.28. The largest absolute Gasteiger partial charge is 0.496 e. The summed E-state index contributed by atoms with van der Waals surface area (Å²) in [5.74, 6) is 1.97. The number of pyridine rings is 1. The number of nitrogens with two attached hydrogens (primary N) is 1. The monoisotopic (exact) mass is 379 g/mol. The highest BCUT2D eigenvalue weighted by Crippen LogP contribution is 2.34. The zero-order valence-corrected chi connectivity index (χ0v) is 16.4. The molecule has 1 aromatic carbocycles. The second-order valence-electron chi connectivity index (χ2n) is 7.52. The highest BCUT2D eigenvalue weighted by atomic mass is 16.5. The summed E-state index contributed by atoms with van der Waals surface area (Å²) < 4.78 is 5.56. The number of methoxy groups -OCH3 is 1. The molecule has 0 amide bonds. The van der Waals surface area contributed by atoms with Crippen LogP contribution in [0.3, 0.4) is 0 Å². The first-order chi connectivity index (χ1) is 13.8. The van der Waals surface area contributed by atoms with Gasteiger partial charge >= 0.3 is 0 Å². The fraction of sp³-hybridized carbons (Fsp3) is 0.455. The molecule has 3 aromatic rings. The third-order valence-electron chi connectivity index (χ3n) is 5.59. The number of aromatic amines is 1. The van der Waals surface area contributed by atoms with Crippen molar-refractivity contribution in [2.24, 2.45) is 5.73 Å². The second-order valence-corrected chi connectivity index (χ2v) is 7.52. The van der Waals surface area contributed by atoms with Gasteiger partial charge in [-0.1, -0.05) is 12.1 Å². The Balaban J connectivity index is 1.54. The molecular formula is C22H29N5O. The number of benzene rings is 1. The second kappa shape index (κ2) is 8.71. The van der Waals surface area contributed by atoms with E-state index in [2.05, 4.69) is 16.4 Å². The van der Waals surface area contributed by atoms with Gasteiger partial charge in [0.15, 0.2) is 0 Å². The van der Waals surface area contributed by atoms with Crippen molar-refractivity contribution in [2.45, 2.75) is 50.6 Å². The van der Waals surface area contributed by atoms with Gasteiger partial charge in [-0.25, -0.2) is 4.98 Å². The van der Waals surface area contributed by atoms with Crippen LogP contribution in [-0.4, -0.2) is 34.6 Å². The van der Waals surface area contributed by atoms with Crippen LogP contribution >= 0.6 is 0 Å². The van der Waals surface area contributed by atoms with Crippen molar-refractivity contribution in [3.8, 4) is 5.75 Å². The molecule has 6 nitrogen and oxygen atoms in total. The minimum atomic E-state index is 0.242. The maximum absolute atomic E-state index is 5.80. The van der Waals surface area contributed by atoms with E-state index in [0.717, 1.165) is 66.8 Å². The molecule has 4 N–H and O–H groups in total. The summed E-state index contributed by atoms with van der Waals surface area (Å²) in [6.07, 6.45) is 7.97. The van der Waals surface area contributed by atoms with Crippen LogP contribution in [0.1, 0.15) is 48.8 Å². The molecule has 0 fully saturated rings. The molecule has 4 rings (SSSR count).